The van der Waals surface area contributed by atoms with Crippen LogP contribution in [0.25, 0.3) is 10.2 Å². The van der Waals surface area contributed by atoms with Crippen molar-refractivity contribution in [3.63, 3.8) is 0 Å². The van der Waals surface area contributed by atoms with E-state index in [0.717, 1.165) is 21.3 Å². The van der Waals surface area contributed by atoms with Crippen LogP contribution in [0.4, 0.5) is 0 Å². The molecule has 0 saturated carbocycles. The second kappa shape index (κ2) is 3.73. The fourth-order valence-corrected chi connectivity index (χ4v) is 2.47. The molecule has 80 valence electrons. The summed E-state index contributed by atoms with van der Waals surface area (Å²) >= 11 is 1.67. The van der Waals surface area contributed by atoms with E-state index in [9.17, 15) is 0 Å². The maximum Gasteiger partial charge on any atom is 0.0953 e. The number of hydrogen-bond acceptors (Lipinski definition) is 4. The van der Waals surface area contributed by atoms with Gasteiger partial charge in [0.15, 0.2) is 0 Å². The minimum Gasteiger partial charge on any atom is -0.472 e. The van der Waals surface area contributed by atoms with Crippen LogP contribution in [0.5, 0.6) is 0 Å². The zero-order valence-corrected chi connectivity index (χ0v) is 9.28. The summed E-state index contributed by atoms with van der Waals surface area (Å²) in [7, 11) is 0. The Morgan fingerprint density at radius 1 is 1.31 bits per heavy atom. The highest BCUT2D eigenvalue weighted by molar-refractivity contribution is 7.17. The Labute approximate surface area is 96.5 Å². The van der Waals surface area contributed by atoms with Gasteiger partial charge >= 0.3 is 0 Å². The lowest BCUT2D eigenvalue weighted by Gasteiger charge is -2.08. The van der Waals surface area contributed by atoms with Crippen LogP contribution >= 0.6 is 11.3 Å². The number of rotatable bonds is 2. The summed E-state index contributed by atoms with van der Waals surface area (Å²) < 4.78 is 6.20. The average Bonchev–Trinajstić information content (AvgIpc) is 2.98. The van der Waals surface area contributed by atoms with Crippen molar-refractivity contribution in [2.24, 2.45) is 5.73 Å². The van der Waals surface area contributed by atoms with Gasteiger partial charge in [0.05, 0.1) is 28.8 Å². The molecule has 4 heteroatoms. The fraction of sp³-hybridized carbons (Fsp3) is 0.0833. The number of thiophene rings is 1. The molecule has 0 saturated heterocycles. The third kappa shape index (κ3) is 1.52. The predicted molar refractivity (Wildman–Crippen MR) is 64.4 cm³/mol. The van der Waals surface area contributed by atoms with Gasteiger partial charge in [-0.3, -0.25) is 4.98 Å². The van der Waals surface area contributed by atoms with E-state index >= 15 is 0 Å². The summed E-state index contributed by atoms with van der Waals surface area (Å²) in [6.07, 6.45) is 5.13. The maximum atomic E-state index is 6.13. The van der Waals surface area contributed by atoms with Crippen molar-refractivity contribution >= 4 is 21.6 Å². The molecule has 3 heterocycles. The Morgan fingerprint density at radius 2 is 2.25 bits per heavy atom. The van der Waals surface area contributed by atoms with Crippen molar-refractivity contribution in [3.8, 4) is 0 Å². The second-order valence-corrected chi connectivity index (χ2v) is 4.55. The summed E-state index contributed by atoms with van der Waals surface area (Å²) in [6, 6.07) is 5.80. The lowest BCUT2D eigenvalue weighted by molar-refractivity contribution is 0.562. The van der Waals surface area contributed by atoms with Gasteiger partial charge in [-0.1, -0.05) is 0 Å². The molecule has 3 rings (SSSR count). The monoisotopic (exact) mass is 230 g/mol. The van der Waals surface area contributed by atoms with Crippen molar-refractivity contribution < 1.29 is 4.42 Å². The summed E-state index contributed by atoms with van der Waals surface area (Å²) in [5.74, 6) is 0. The van der Waals surface area contributed by atoms with Crippen LogP contribution in [0.2, 0.25) is 0 Å². The van der Waals surface area contributed by atoms with E-state index in [1.165, 1.54) is 0 Å². The van der Waals surface area contributed by atoms with Crippen molar-refractivity contribution in [1.29, 1.82) is 0 Å². The molecule has 0 aliphatic carbocycles. The largest absolute Gasteiger partial charge is 0.472 e. The number of hydrogen-bond donors (Lipinski definition) is 1. The van der Waals surface area contributed by atoms with Gasteiger partial charge in [-0.25, -0.2) is 0 Å². The topological polar surface area (TPSA) is 52.0 Å². The van der Waals surface area contributed by atoms with Gasteiger partial charge in [0, 0.05) is 11.8 Å². The number of nitrogens with zero attached hydrogens (tertiary/aromatic N) is 1. The number of furan rings is 1. The Morgan fingerprint density at radius 3 is 3.06 bits per heavy atom. The van der Waals surface area contributed by atoms with Crippen LogP contribution in [-0.4, -0.2) is 4.98 Å². The fourth-order valence-electron chi connectivity index (χ4n) is 1.68. The highest BCUT2D eigenvalue weighted by atomic mass is 32.1. The average molecular weight is 230 g/mol. The zero-order chi connectivity index (χ0) is 11.0. The van der Waals surface area contributed by atoms with Crippen molar-refractivity contribution in [3.05, 3.63) is 53.4 Å². The predicted octanol–water partition coefficient (Wildman–Crippen LogP) is 2.94. The first-order chi connectivity index (χ1) is 7.84. The first kappa shape index (κ1) is 9.57. The Balaban J connectivity index is 2.05. The van der Waals surface area contributed by atoms with E-state index in [4.69, 9.17) is 10.2 Å². The second-order valence-electron chi connectivity index (χ2n) is 3.61. The molecule has 3 nitrogen and oxygen atoms in total. The van der Waals surface area contributed by atoms with E-state index in [2.05, 4.69) is 11.1 Å². The quantitative estimate of drug-likeness (QED) is 0.736. The van der Waals surface area contributed by atoms with E-state index in [-0.39, 0.29) is 6.04 Å². The minimum atomic E-state index is -0.169. The molecule has 1 unspecified atom stereocenters. The smallest absolute Gasteiger partial charge is 0.0953 e. The van der Waals surface area contributed by atoms with Gasteiger partial charge in [0.25, 0.3) is 0 Å². The molecule has 0 bridgehead atoms. The van der Waals surface area contributed by atoms with Crippen LogP contribution < -0.4 is 5.73 Å². The maximum absolute atomic E-state index is 6.13. The molecule has 0 spiro atoms. The number of pyridine rings is 1. The first-order valence-corrected chi connectivity index (χ1v) is 5.83. The highest BCUT2D eigenvalue weighted by Gasteiger charge is 2.11. The molecule has 0 fully saturated rings. The van der Waals surface area contributed by atoms with Gasteiger partial charge in [-0.05, 0) is 29.1 Å². The lowest BCUT2D eigenvalue weighted by Crippen LogP contribution is -2.10. The number of fused-ring (bicyclic) bond motifs is 1. The minimum absolute atomic E-state index is 0.169. The number of nitrogens with two attached hydrogens (primary N) is 1. The third-order valence-electron chi connectivity index (χ3n) is 2.59. The van der Waals surface area contributed by atoms with Crippen LogP contribution in [0.15, 0.2) is 46.7 Å². The Bertz CT molecular complexity index is 600. The Hall–Kier alpha value is -1.65. The molecule has 3 aromatic rings. The lowest BCUT2D eigenvalue weighted by atomic mass is 10.0. The van der Waals surface area contributed by atoms with Crippen molar-refractivity contribution in [2.75, 3.05) is 0 Å². The zero-order valence-electron chi connectivity index (χ0n) is 8.46. The molecule has 2 N–H and O–H groups in total. The standard InChI is InChI=1S/C12H10N2OS/c13-12(8-1-3-15-7-8)9-5-11-10(14-6-9)2-4-16-11/h1-7,12H,13H2. The molecule has 0 aliphatic rings. The van der Waals surface area contributed by atoms with Gasteiger partial charge in [0.2, 0.25) is 0 Å². The van der Waals surface area contributed by atoms with E-state index in [1.54, 1.807) is 23.9 Å². The molecule has 0 aromatic carbocycles. The van der Waals surface area contributed by atoms with E-state index in [0.29, 0.717) is 0 Å². The van der Waals surface area contributed by atoms with E-state index < -0.39 is 0 Å². The molecular formula is C12H10N2OS. The summed E-state index contributed by atoms with van der Waals surface area (Å²) in [6.45, 7) is 0. The first-order valence-electron chi connectivity index (χ1n) is 4.95. The molecular weight excluding hydrogens is 220 g/mol. The van der Waals surface area contributed by atoms with Gasteiger partial charge < -0.3 is 10.2 Å². The summed E-state index contributed by atoms with van der Waals surface area (Å²) in [4.78, 5) is 4.37. The van der Waals surface area contributed by atoms with Crippen LogP contribution in [-0.2, 0) is 0 Å². The molecule has 3 aromatic heterocycles. The van der Waals surface area contributed by atoms with Crippen LogP contribution in [0, 0.1) is 0 Å². The van der Waals surface area contributed by atoms with Crippen molar-refractivity contribution in [2.45, 2.75) is 6.04 Å². The normalized spacial score (nSPS) is 13.1. The molecule has 0 aliphatic heterocycles. The van der Waals surface area contributed by atoms with Crippen molar-refractivity contribution in [1.82, 2.24) is 4.98 Å². The third-order valence-corrected chi connectivity index (χ3v) is 3.44. The molecule has 0 amide bonds. The Kier molecular flexibility index (Phi) is 2.23. The SMILES string of the molecule is NC(c1ccoc1)c1cnc2ccsc2c1. The molecule has 1 atom stereocenters. The number of aromatic nitrogens is 1. The summed E-state index contributed by atoms with van der Waals surface area (Å²) in [5, 5.41) is 2.03. The van der Waals surface area contributed by atoms with Gasteiger partial charge in [-0.2, -0.15) is 0 Å². The van der Waals surface area contributed by atoms with E-state index in [1.807, 2.05) is 23.7 Å². The summed E-state index contributed by atoms with van der Waals surface area (Å²) in [5.41, 5.74) is 9.13. The van der Waals surface area contributed by atoms with Gasteiger partial charge in [0.1, 0.15) is 0 Å². The van der Waals surface area contributed by atoms with Crippen LogP contribution in [0.3, 0.4) is 0 Å². The molecule has 16 heavy (non-hydrogen) atoms. The highest BCUT2D eigenvalue weighted by Crippen LogP contribution is 2.25. The van der Waals surface area contributed by atoms with Gasteiger partial charge in [-0.15, -0.1) is 11.3 Å². The van der Waals surface area contributed by atoms with Crippen LogP contribution in [0.1, 0.15) is 17.2 Å². The molecule has 0 radical (unpaired) electrons.